The van der Waals surface area contributed by atoms with E-state index in [2.05, 4.69) is 22.8 Å². The number of anilines is 1. The Labute approximate surface area is 162 Å². The topological polar surface area (TPSA) is 70.6 Å². The summed E-state index contributed by atoms with van der Waals surface area (Å²) in [5, 5.41) is 7.14. The van der Waals surface area contributed by atoms with Crippen molar-refractivity contribution in [1.82, 2.24) is 5.43 Å². The molecule has 7 heteroatoms. The van der Waals surface area contributed by atoms with E-state index in [0.717, 1.165) is 19.3 Å². The highest BCUT2D eigenvalue weighted by Gasteiger charge is 2.12. The van der Waals surface area contributed by atoms with Crippen LogP contribution in [-0.4, -0.2) is 18.0 Å². The summed E-state index contributed by atoms with van der Waals surface area (Å²) in [6, 6.07) is 12.3. The first-order valence-corrected chi connectivity index (χ1v) is 8.93. The molecule has 0 heterocycles. The van der Waals surface area contributed by atoms with Crippen molar-refractivity contribution in [3.63, 3.8) is 0 Å². The quantitative estimate of drug-likeness (QED) is 0.434. The Morgan fingerprint density at radius 2 is 1.81 bits per heavy atom. The van der Waals surface area contributed by atoms with Crippen molar-refractivity contribution in [1.29, 1.82) is 0 Å². The van der Waals surface area contributed by atoms with Gasteiger partial charge in [0.2, 0.25) is 0 Å². The molecule has 0 radical (unpaired) electrons. The van der Waals surface area contributed by atoms with Crippen molar-refractivity contribution in [2.75, 3.05) is 5.32 Å². The average molecular weight is 392 g/mol. The molecule has 2 N–H and O–H groups in total. The molecule has 2 aromatic carbocycles. The summed E-state index contributed by atoms with van der Waals surface area (Å²) >= 11 is 11.8. The number of hydrogen-bond donors (Lipinski definition) is 2. The van der Waals surface area contributed by atoms with Gasteiger partial charge in [0.15, 0.2) is 0 Å². The minimum atomic E-state index is -0.874. The first kappa shape index (κ1) is 19.9. The van der Waals surface area contributed by atoms with Gasteiger partial charge in [-0.25, -0.2) is 5.43 Å². The molecule has 2 aromatic rings. The Balaban J connectivity index is 1.87. The Morgan fingerprint density at radius 3 is 2.46 bits per heavy atom. The first-order chi connectivity index (χ1) is 12.5. The van der Waals surface area contributed by atoms with Gasteiger partial charge >= 0.3 is 11.8 Å². The maximum Gasteiger partial charge on any atom is 0.329 e. The van der Waals surface area contributed by atoms with Crippen LogP contribution in [-0.2, 0) is 16.0 Å². The summed E-state index contributed by atoms with van der Waals surface area (Å²) in [5.41, 5.74) is 4.47. The van der Waals surface area contributed by atoms with Crippen molar-refractivity contribution < 1.29 is 9.59 Å². The number of hydrazone groups is 1. The third-order valence-corrected chi connectivity index (χ3v) is 4.13. The van der Waals surface area contributed by atoms with Crippen molar-refractivity contribution in [3.8, 4) is 0 Å². The highest BCUT2D eigenvalue weighted by atomic mass is 35.5. The standard InChI is InChI=1S/C19H19Cl2N3O2/c1-2-3-4-13-5-9-16(10-6-13)23-18(25)19(26)24-22-12-14-7-8-15(20)11-17(14)21/h5-12H,2-4H2,1H3,(H,23,25)(H,24,26). The number of hydrogen-bond acceptors (Lipinski definition) is 3. The van der Waals surface area contributed by atoms with Crippen LogP contribution >= 0.6 is 23.2 Å². The van der Waals surface area contributed by atoms with Gasteiger partial charge in [0.25, 0.3) is 0 Å². The van der Waals surface area contributed by atoms with Crippen molar-refractivity contribution in [2.45, 2.75) is 26.2 Å². The van der Waals surface area contributed by atoms with Gasteiger partial charge in [-0.2, -0.15) is 5.10 Å². The third-order valence-electron chi connectivity index (χ3n) is 3.57. The molecule has 0 unspecified atom stereocenters. The fourth-order valence-corrected chi connectivity index (χ4v) is 2.60. The van der Waals surface area contributed by atoms with Crippen LogP contribution in [0.5, 0.6) is 0 Å². The fraction of sp³-hybridized carbons (Fsp3) is 0.211. The minimum absolute atomic E-state index is 0.392. The van der Waals surface area contributed by atoms with Crippen LogP contribution in [0.15, 0.2) is 47.6 Å². The van der Waals surface area contributed by atoms with Crippen LogP contribution in [0.25, 0.3) is 0 Å². The molecule has 0 saturated carbocycles. The number of nitrogens with zero attached hydrogens (tertiary/aromatic N) is 1. The molecule has 2 rings (SSSR count). The number of amides is 2. The molecular weight excluding hydrogens is 373 g/mol. The molecule has 2 amide bonds. The number of halogens is 2. The van der Waals surface area contributed by atoms with Gasteiger partial charge in [-0.1, -0.05) is 54.7 Å². The highest BCUT2D eigenvalue weighted by molar-refractivity contribution is 6.39. The summed E-state index contributed by atoms with van der Waals surface area (Å²) in [6.07, 6.45) is 4.57. The van der Waals surface area contributed by atoms with Gasteiger partial charge in [-0.05, 0) is 42.7 Å². The van der Waals surface area contributed by atoms with E-state index in [1.807, 2.05) is 12.1 Å². The molecule has 0 bridgehead atoms. The SMILES string of the molecule is CCCCc1ccc(NC(=O)C(=O)NN=Cc2ccc(Cl)cc2Cl)cc1. The van der Waals surface area contributed by atoms with E-state index in [-0.39, 0.29) is 0 Å². The maximum absolute atomic E-state index is 11.9. The Kier molecular flexibility index (Phi) is 7.63. The second kappa shape index (κ2) is 9.94. The smallest absolute Gasteiger partial charge is 0.318 e. The lowest BCUT2D eigenvalue weighted by molar-refractivity contribution is -0.136. The van der Waals surface area contributed by atoms with E-state index < -0.39 is 11.8 Å². The summed E-state index contributed by atoms with van der Waals surface area (Å²) in [4.78, 5) is 23.7. The summed E-state index contributed by atoms with van der Waals surface area (Å²) in [6.45, 7) is 2.14. The highest BCUT2D eigenvalue weighted by Crippen LogP contribution is 2.19. The molecule has 0 aliphatic carbocycles. The number of benzene rings is 2. The number of rotatable bonds is 6. The van der Waals surface area contributed by atoms with Gasteiger partial charge in [0.05, 0.1) is 11.2 Å². The monoisotopic (exact) mass is 391 g/mol. The number of carbonyl (C=O) groups excluding carboxylic acids is 2. The summed E-state index contributed by atoms with van der Waals surface area (Å²) in [5.74, 6) is -1.67. The zero-order chi connectivity index (χ0) is 18.9. The van der Waals surface area contributed by atoms with Crippen LogP contribution in [0.2, 0.25) is 10.0 Å². The molecular formula is C19H19Cl2N3O2. The summed E-state index contributed by atoms with van der Waals surface area (Å²) < 4.78 is 0. The van der Waals surface area contributed by atoms with Gasteiger partial charge < -0.3 is 5.32 Å². The van der Waals surface area contributed by atoms with E-state index in [9.17, 15) is 9.59 Å². The largest absolute Gasteiger partial charge is 0.329 e. The number of carbonyl (C=O) groups is 2. The van der Waals surface area contributed by atoms with Crippen LogP contribution < -0.4 is 10.7 Å². The minimum Gasteiger partial charge on any atom is -0.318 e. The lowest BCUT2D eigenvalue weighted by Gasteiger charge is -2.05. The van der Waals surface area contributed by atoms with E-state index in [1.54, 1.807) is 30.3 Å². The van der Waals surface area contributed by atoms with Crippen molar-refractivity contribution >= 4 is 46.9 Å². The van der Waals surface area contributed by atoms with Crippen LogP contribution in [0, 0.1) is 0 Å². The maximum atomic E-state index is 11.9. The third kappa shape index (κ3) is 6.17. The van der Waals surface area contributed by atoms with Crippen LogP contribution in [0.4, 0.5) is 5.69 Å². The fourth-order valence-electron chi connectivity index (χ4n) is 2.14. The Morgan fingerprint density at radius 1 is 1.08 bits per heavy atom. The molecule has 0 atom stereocenters. The lowest BCUT2D eigenvalue weighted by atomic mass is 10.1. The Bertz CT molecular complexity index is 805. The Hall–Kier alpha value is -2.37. The predicted molar refractivity (Wildman–Crippen MR) is 106 cm³/mol. The molecule has 0 saturated heterocycles. The number of aryl methyl sites for hydroxylation is 1. The van der Waals surface area contributed by atoms with Crippen LogP contribution in [0.1, 0.15) is 30.9 Å². The normalized spacial score (nSPS) is 10.7. The average Bonchev–Trinajstić information content (AvgIpc) is 2.62. The zero-order valence-corrected chi connectivity index (χ0v) is 15.8. The first-order valence-electron chi connectivity index (χ1n) is 8.18. The van der Waals surface area contributed by atoms with Crippen LogP contribution in [0.3, 0.4) is 0 Å². The molecule has 136 valence electrons. The number of nitrogens with one attached hydrogen (secondary N) is 2. The molecule has 0 fully saturated rings. The second-order valence-electron chi connectivity index (χ2n) is 5.62. The van der Waals surface area contributed by atoms with Gasteiger partial charge in [-0.15, -0.1) is 0 Å². The van der Waals surface area contributed by atoms with Crippen molar-refractivity contribution in [3.05, 3.63) is 63.6 Å². The summed E-state index contributed by atoms with van der Waals surface area (Å²) in [7, 11) is 0. The van der Waals surface area contributed by atoms with E-state index >= 15 is 0 Å². The molecule has 0 aliphatic heterocycles. The van der Waals surface area contributed by atoms with E-state index in [1.165, 1.54) is 11.8 Å². The molecule has 0 aromatic heterocycles. The number of unbranched alkanes of at least 4 members (excludes halogenated alkanes) is 1. The van der Waals surface area contributed by atoms with Gasteiger partial charge in [0.1, 0.15) is 0 Å². The second-order valence-corrected chi connectivity index (χ2v) is 6.46. The predicted octanol–water partition coefficient (Wildman–Crippen LogP) is 4.42. The van der Waals surface area contributed by atoms with E-state index in [4.69, 9.17) is 23.2 Å². The van der Waals surface area contributed by atoms with Crippen molar-refractivity contribution in [2.24, 2.45) is 5.10 Å². The lowest BCUT2D eigenvalue weighted by Crippen LogP contribution is -2.32. The van der Waals surface area contributed by atoms with Gasteiger partial charge in [-0.3, -0.25) is 9.59 Å². The van der Waals surface area contributed by atoms with E-state index in [0.29, 0.717) is 21.3 Å². The molecule has 5 nitrogen and oxygen atoms in total. The van der Waals surface area contributed by atoms with Gasteiger partial charge in [0, 0.05) is 16.3 Å². The molecule has 0 spiro atoms. The molecule has 26 heavy (non-hydrogen) atoms. The molecule has 0 aliphatic rings. The zero-order valence-electron chi connectivity index (χ0n) is 14.3.